The molecule has 0 aromatic heterocycles. The number of nitro benzene ring substituents is 1. The highest BCUT2D eigenvalue weighted by Crippen LogP contribution is 2.29. The van der Waals surface area contributed by atoms with Gasteiger partial charge in [0.05, 0.1) is 4.92 Å². The van der Waals surface area contributed by atoms with Crippen LogP contribution in [0.5, 0.6) is 11.5 Å². The molecule has 0 aliphatic carbocycles. The summed E-state index contributed by atoms with van der Waals surface area (Å²) in [6, 6.07) is 13.2. The molecular formula is C14H10N2O3. The Bertz CT molecular complexity index is 675. The number of aryl methyl sites for hydroxylation is 1. The van der Waals surface area contributed by atoms with Crippen LogP contribution in [0, 0.1) is 28.4 Å². The summed E-state index contributed by atoms with van der Waals surface area (Å²) in [7, 11) is 0. The van der Waals surface area contributed by atoms with Crippen molar-refractivity contribution in [2.24, 2.45) is 0 Å². The van der Waals surface area contributed by atoms with Crippen LogP contribution in [0.1, 0.15) is 11.1 Å². The zero-order valence-corrected chi connectivity index (χ0v) is 10.2. The molecule has 5 heteroatoms. The van der Waals surface area contributed by atoms with E-state index >= 15 is 0 Å². The van der Waals surface area contributed by atoms with Crippen molar-refractivity contribution in [2.45, 2.75) is 6.92 Å². The predicted molar refractivity (Wildman–Crippen MR) is 69.1 cm³/mol. The van der Waals surface area contributed by atoms with Gasteiger partial charge in [-0.15, -0.1) is 0 Å². The molecule has 0 atom stereocenters. The fourth-order valence-corrected chi connectivity index (χ4v) is 1.60. The summed E-state index contributed by atoms with van der Waals surface area (Å²) in [6.07, 6.45) is 0. The van der Waals surface area contributed by atoms with E-state index in [0.717, 1.165) is 5.56 Å². The summed E-state index contributed by atoms with van der Waals surface area (Å²) in [5.74, 6) is 0.926. The Morgan fingerprint density at radius 2 is 1.95 bits per heavy atom. The van der Waals surface area contributed by atoms with E-state index in [1.807, 2.05) is 31.2 Å². The molecule has 0 fully saturated rings. The molecule has 5 nitrogen and oxygen atoms in total. The molecule has 2 aromatic carbocycles. The van der Waals surface area contributed by atoms with Gasteiger partial charge in [0.15, 0.2) is 0 Å². The van der Waals surface area contributed by atoms with Crippen molar-refractivity contribution < 1.29 is 9.66 Å². The summed E-state index contributed by atoms with van der Waals surface area (Å²) in [4.78, 5) is 10.1. The van der Waals surface area contributed by atoms with Gasteiger partial charge < -0.3 is 4.74 Å². The smallest absolute Gasteiger partial charge is 0.271 e. The van der Waals surface area contributed by atoms with Crippen molar-refractivity contribution in [3.05, 3.63) is 63.7 Å². The molecule has 0 unspecified atom stereocenters. The molecule has 0 amide bonds. The van der Waals surface area contributed by atoms with Gasteiger partial charge in [-0.2, -0.15) is 5.26 Å². The molecule has 0 bridgehead atoms. The standard InChI is InChI=1S/C14H10N2O3/c1-10-4-2-3-5-13(10)19-14-7-6-12(16(17)18)8-11(14)9-15/h2-8H,1H3. The molecule has 0 spiro atoms. The number of nitriles is 1. The van der Waals surface area contributed by atoms with Crippen LogP contribution in [-0.4, -0.2) is 4.92 Å². The number of benzene rings is 2. The Balaban J connectivity index is 2.39. The van der Waals surface area contributed by atoms with Crippen molar-refractivity contribution in [3.63, 3.8) is 0 Å². The zero-order valence-electron chi connectivity index (χ0n) is 10.2. The summed E-state index contributed by atoms with van der Waals surface area (Å²) < 4.78 is 5.62. The average molecular weight is 254 g/mol. The van der Waals surface area contributed by atoms with Crippen LogP contribution in [-0.2, 0) is 0 Å². The SMILES string of the molecule is Cc1ccccc1Oc1ccc([N+](=O)[O-])cc1C#N. The molecule has 2 aromatic rings. The maximum atomic E-state index is 10.6. The van der Waals surface area contributed by atoms with Crippen molar-refractivity contribution in [3.8, 4) is 17.6 Å². The third kappa shape index (κ3) is 2.69. The molecule has 94 valence electrons. The summed E-state index contributed by atoms with van der Waals surface area (Å²) in [5, 5.41) is 19.7. The lowest BCUT2D eigenvalue weighted by atomic mass is 10.2. The van der Waals surface area contributed by atoms with Crippen LogP contribution in [0.15, 0.2) is 42.5 Å². The van der Waals surface area contributed by atoms with Crippen molar-refractivity contribution >= 4 is 5.69 Å². The molecule has 0 heterocycles. The van der Waals surface area contributed by atoms with Crippen LogP contribution in [0.2, 0.25) is 0 Å². The Kier molecular flexibility index (Phi) is 3.44. The topological polar surface area (TPSA) is 76.2 Å². The van der Waals surface area contributed by atoms with Crippen LogP contribution in [0.4, 0.5) is 5.69 Å². The minimum atomic E-state index is -0.543. The highest BCUT2D eigenvalue weighted by atomic mass is 16.6. The summed E-state index contributed by atoms with van der Waals surface area (Å²) in [5.41, 5.74) is 0.927. The number of para-hydroxylation sites is 1. The average Bonchev–Trinajstić information content (AvgIpc) is 2.41. The van der Waals surface area contributed by atoms with Gasteiger partial charge in [0.2, 0.25) is 0 Å². The lowest BCUT2D eigenvalue weighted by Gasteiger charge is -2.09. The second kappa shape index (κ2) is 5.19. The van der Waals surface area contributed by atoms with E-state index in [-0.39, 0.29) is 11.3 Å². The first-order valence-electron chi connectivity index (χ1n) is 5.54. The Labute approximate surface area is 109 Å². The first-order chi connectivity index (χ1) is 9.11. The largest absolute Gasteiger partial charge is 0.456 e. The summed E-state index contributed by atoms with van der Waals surface area (Å²) in [6.45, 7) is 1.88. The monoisotopic (exact) mass is 254 g/mol. The van der Waals surface area contributed by atoms with Gasteiger partial charge in [-0.25, -0.2) is 0 Å². The molecular weight excluding hydrogens is 244 g/mol. The highest BCUT2D eigenvalue weighted by molar-refractivity contribution is 5.52. The van der Waals surface area contributed by atoms with Crippen molar-refractivity contribution in [1.82, 2.24) is 0 Å². The third-order valence-corrected chi connectivity index (χ3v) is 2.61. The number of non-ortho nitro benzene ring substituents is 1. The number of ether oxygens (including phenoxy) is 1. The molecule has 0 aliphatic heterocycles. The van der Waals surface area contributed by atoms with Gasteiger partial charge in [0.1, 0.15) is 23.1 Å². The van der Waals surface area contributed by atoms with E-state index in [1.165, 1.54) is 18.2 Å². The molecule has 0 N–H and O–H groups in total. The second-order valence-electron chi connectivity index (χ2n) is 3.92. The number of hydrogen-bond donors (Lipinski definition) is 0. The Morgan fingerprint density at radius 1 is 1.21 bits per heavy atom. The highest BCUT2D eigenvalue weighted by Gasteiger charge is 2.12. The number of nitro groups is 1. The van der Waals surface area contributed by atoms with Gasteiger partial charge in [-0.05, 0) is 24.6 Å². The minimum absolute atomic E-state index is 0.131. The fourth-order valence-electron chi connectivity index (χ4n) is 1.60. The second-order valence-corrected chi connectivity index (χ2v) is 3.92. The number of rotatable bonds is 3. The predicted octanol–water partition coefficient (Wildman–Crippen LogP) is 3.57. The van der Waals surface area contributed by atoms with E-state index in [1.54, 1.807) is 6.07 Å². The van der Waals surface area contributed by atoms with Gasteiger partial charge in [0.25, 0.3) is 5.69 Å². The molecule has 19 heavy (non-hydrogen) atoms. The van der Waals surface area contributed by atoms with Crippen LogP contribution >= 0.6 is 0 Å². The van der Waals surface area contributed by atoms with Crippen LogP contribution < -0.4 is 4.74 Å². The normalized spacial score (nSPS) is 9.68. The minimum Gasteiger partial charge on any atom is -0.456 e. The first kappa shape index (κ1) is 12.6. The number of nitrogens with zero attached hydrogens (tertiary/aromatic N) is 2. The van der Waals surface area contributed by atoms with E-state index in [9.17, 15) is 10.1 Å². The van der Waals surface area contributed by atoms with Gasteiger partial charge in [-0.1, -0.05) is 18.2 Å². The van der Waals surface area contributed by atoms with Crippen molar-refractivity contribution in [2.75, 3.05) is 0 Å². The maximum Gasteiger partial charge on any atom is 0.271 e. The van der Waals surface area contributed by atoms with E-state index in [4.69, 9.17) is 10.00 Å². The van der Waals surface area contributed by atoms with Crippen molar-refractivity contribution in [1.29, 1.82) is 5.26 Å². The molecule has 0 saturated carbocycles. The van der Waals surface area contributed by atoms with Gasteiger partial charge in [0, 0.05) is 12.1 Å². The quantitative estimate of drug-likeness (QED) is 0.619. The van der Waals surface area contributed by atoms with Crippen LogP contribution in [0.25, 0.3) is 0 Å². The molecule has 0 aliphatic rings. The van der Waals surface area contributed by atoms with E-state index in [0.29, 0.717) is 11.5 Å². The first-order valence-corrected chi connectivity index (χ1v) is 5.54. The van der Waals surface area contributed by atoms with E-state index < -0.39 is 4.92 Å². The molecule has 0 radical (unpaired) electrons. The maximum absolute atomic E-state index is 10.6. The third-order valence-electron chi connectivity index (χ3n) is 2.61. The fraction of sp³-hybridized carbons (Fsp3) is 0.0714. The number of hydrogen-bond acceptors (Lipinski definition) is 4. The Hall–Kier alpha value is -2.87. The lowest BCUT2D eigenvalue weighted by Crippen LogP contribution is -1.93. The van der Waals surface area contributed by atoms with Gasteiger partial charge >= 0.3 is 0 Å². The lowest BCUT2D eigenvalue weighted by molar-refractivity contribution is -0.384. The van der Waals surface area contributed by atoms with E-state index in [2.05, 4.69) is 0 Å². The van der Waals surface area contributed by atoms with Crippen LogP contribution in [0.3, 0.4) is 0 Å². The Morgan fingerprint density at radius 3 is 2.58 bits per heavy atom. The zero-order chi connectivity index (χ0) is 13.8. The van der Waals surface area contributed by atoms with Gasteiger partial charge in [-0.3, -0.25) is 10.1 Å². The summed E-state index contributed by atoms with van der Waals surface area (Å²) >= 11 is 0. The molecule has 2 rings (SSSR count). The molecule has 0 saturated heterocycles.